The Hall–Kier alpha value is -0.920. The van der Waals surface area contributed by atoms with Gasteiger partial charge in [0.1, 0.15) is 12.4 Å². The van der Waals surface area contributed by atoms with E-state index in [4.69, 9.17) is 4.74 Å². The molecule has 0 aromatic rings. The zero-order valence-corrected chi connectivity index (χ0v) is 8.25. The van der Waals surface area contributed by atoms with Crippen LogP contribution in [0, 0.1) is 0 Å². The summed E-state index contributed by atoms with van der Waals surface area (Å²) < 4.78 is 5.61. The first-order valence-electron chi connectivity index (χ1n) is 5.19. The lowest BCUT2D eigenvalue weighted by Gasteiger charge is -2.34. The van der Waals surface area contributed by atoms with E-state index < -0.39 is 0 Å². The Morgan fingerprint density at radius 1 is 1.54 bits per heavy atom. The second-order valence-corrected chi connectivity index (χ2v) is 3.59. The van der Waals surface area contributed by atoms with Gasteiger partial charge in [0.2, 0.25) is 0 Å². The van der Waals surface area contributed by atoms with E-state index in [1.165, 1.54) is 25.1 Å². The molecular formula is C11H17NO. The monoisotopic (exact) mass is 179 g/mol. The highest BCUT2D eigenvalue weighted by atomic mass is 16.5. The molecule has 0 aromatic carbocycles. The lowest BCUT2D eigenvalue weighted by Crippen LogP contribution is -2.33. The van der Waals surface area contributed by atoms with E-state index >= 15 is 0 Å². The predicted molar refractivity (Wildman–Crippen MR) is 53.2 cm³/mol. The Bertz CT molecular complexity index is 242. The third-order valence-electron chi connectivity index (χ3n) is 2.60. The first kappa shape index (κ1) is 8.67. The van der Waals surface area contributed by atoms with Gasteiger partial charge in [-0.15, -0.1) is 0 Å². The van der Waals surface area contributed by atoms with Crippen molar-refractivity contribution in [1.82, 2.24) is 4.90 Å². The van der Waals surface area contributed by atoms with Crippen LogP contribution >= 0.6 is 0 Å². The molecule has 2 heteroatoms. The van der Waals surface area contributed by atoms with E-state index in [0.717, 1.165) is 25.3 Å². The minimum atomic E-state index is 0.850. The molecule has 0 atom stereocenters. The largest absolute Gasteiger partial charge is 0.490 e. The zero-order valence-electron chi connectivity index (χ0n) is 8.25. The number of rotatable bonds is 2. The van der Waals surface area contributed by atoms with Gasteiger partial charge in [0.25, 0.3) is 0 Å². The highest BCUT2D eigenvalue weighted by Gasteiger charge is 2.20. The molecular weight excluding hydrogens is 162 g/mol. The molecule has 72 valence electrons. The molecule has 0 amide bonds. The van der Waals surface area contributed by atoms with E-state index in [1.54, 1.807) is 0 Å². The molecule has 0 saturated carbocycles. The van der Waals surface area contributed by atoms with Gasteiger partial charge in [-0.3, -0.25) is 0 Å². The van der Waals surface area contributed by atoms with E-state index in [9.17, 15) is 0 Å². The molecule has 13 heavy (non-hydrogen) atoms. The molecule has 0 aromatic heterocycles. The summed E-state index contributed by atoms with van der Waals surface area (Å²) in [5, 5.41) is 0. The van der Waals surface area contributed by atoms with Crippen LogP contribution in [0.25, 0.3) is 0 Å². The molecule has 0 N–H and O–H groups in total. The van der Waals surface area contributed by atoms with E-state index in [-0.39, 0.29) is 0 Å². The van der Waals surface area contributed by atoms with Gasteiger partial charge < -0.3 is 9.64 Å². The number of ether oxygens (including phenoxy) is 1. The second-order valence-electron chi connectivity index (χ2n) is 3.59. The lowest BCUT2D eigenvalue weighted by atomic mass is 10.1. The fourth-order valence-corrected chi connectivity index (χ4v) is 1.99. The molecule has 0 spiro atoms. The topological polar surface area (TPSA) is 12.5 Å². The van der Waals surface area contributed by atoms with Crippen LogP contribution < -0.4 is 0 Å². The Morgan fingerprint density at radius 2 is 2.46 bits per heavy atom. The molecule has 0 fully saturated rings. The van der Waals surface area contributed by atoms with Crippen molar-refractivity contribution < 1.29 is 4.74 Å². The third kappa shape index (κ3) is 1.71. The molecule has 0 bridgehead atoms. The Kier molecular flexibility index (Phi) is 2.57. The van der Waals surface area contributed by atoms with Crippen LogP contribution in [0.5, 0.6) is 0 Å². The Balaban J connectivity index is 2.15. The van der Waals surface area contributed by atoms with Crippen molar-refractivity contribution in [3.8, 4) is 0 Å². The smallest absolute Gasteiger partial charge is 0.138 e. The van der Waals surface area contributed by atoms with Gasteiger partial charge in [0.05, 0.1) is 12.2 Å². The van der Waals surface area contributed by atoms with Gasteiger partial charge in [-0.05, 0) is 25.3 Å². The summed E-state index contributed by atoms with van der Waals surface area (Å²) >= 11 is 0. The van der Waals surface area contributed by atoms with E-state index in [2.05, 4.69) is 24.0 Å². The van der Waals surface area contributed by atoms with Crippen LogP contribution in [0.3, 0.4) is 0 Å². The number of allylic oxidation sites excluding steroid dienone is 3. The third-order valence-corrected chi connectivity index (χ3v) is 2.60. The molecule has 0 saturated heterocycles. The first-order chi connectivity index (χ1) is 6.42. The average Bonchev–Trinajstić information content (AvgIpc) is 2.19. The summed E-state index contributed by atoms with van der Waals surface area (Å²) in [5.74, 6) is 1.12. The maximum absolute atomic E-state index is 5.61. The molecule has 1 aliphatic carbocycles. The summed E-state index contributed by atoms with van der Waals surface area (Å²) in [6, 6.07) is 0. The SMILES string of the molecule is CCCN1CCOC2=C1CCC=C2. The quantitative estimate of drug-likeness (QED) is 0.645. The van der Waals surface area contributed by atoms with Crippen LogP contribution in [0.4, 0.5) is 0 Å². The van der Waals surface area contributed by atoms with Gasteiger partial charge in [0, 0.05) is 6.54 Å². The normalized spacial score (nSPS) is 21.5. The maximum Gasteiger partial charge on any atom is 0.138 e. The average molecular weight is 179 g/mol. The zero-order chi connectivity index (χ0) is 9.10. The standard InChI is InChI=1S/C11H17NO/c1-2-7-12-8-9-13-11-6-4-3-5-10(11)12/h4,6H,2-3,5,7-9H2,1H3. The maximum atomic E-state index is 5.61. The molecule has 1 heterocycles. The van der Waals surface area contributed by atoms with Crippen molar-refractivity contribution in [3.05, 3.63) is 23.6 Å². The molecule has 0 unspecified atom stereocenters. The molecule has 1 aliphatic heterocycles. The summed E-state index contributed by atoms with van der Waals surface area (Å²) in [6.07, 6.45) is 7.88. The lowest BCUT2D eigenvalue weighted by molar-refractivity contribution is 0.132. The fourth-order valence-electron chi connectivity index (χ4n) is 1.99. The van der Waals surface area contributed by atoms with Crippen LogP contribution in [0.1, 0.15) is 26.2 Å². The number of hydrogen-bond acceptors (Lipinski definition) is 2. The van der Waals surface area contributed by atoms with Gasteiger partial charge in [0.15, 0.2) is 0 Å². The molecule has 2 nitrogen and oxygen atoms in total. The number of hydrogen-bond donors (Lipinski definition) is 0. The van der Waals surface area contributed by atoms with E-state index in [1.807, 2.05) is 0 Å². The van der Waals surface area contributed by atoms with Crippen LogP contribution in [0.2, 0.25) is 0 Å². The van der Waals surface area contributed by atoms with Crippen molar-refractivity contribution >= 4 is 0 Å². The summed E-state index contributed by atoms with van der Waals surface area (Å²) in [6.45, 7) is 5.33. The highest BCUT2D eigenvalue weighted by Crippen LogP contribution is 2.26. The van der Waals surface area contributed by atoms with Crippen LogP contribution in [0.15, 0.2) is 23.6 Å². The van der Waals surface area contributed by atoms with Crippen LogP contribution in [-0.2, 0) is 4.74 Å². The van der Waals surface area contributed by atoms with Gasteiger partial charge in [-0.2, -0.15) is 0 Å². The number of nitrogens with zero attached hydrogens (tertiary/aromatic N) is 1. The molecule has 0 radical (unpaired) electrons. The van der Waals surface area contributed by atoms with Crippen molar-refractivity contribution in [3.63, 3.8) is 0 Å². The van der Waals surface area contributed by atoms with Crippen molar-refractivity contribution in [1.29, 1.82) is 0 Å². The summed E-state index contributed by atoms with van der Waals surface area (Å²) in [4.78, 5) is 2.47. The fraction of sp³-hybridized carbons (Fsp3) is 0.636. The van der Waals surface area contributed by atoms with Crippen molar-refractivity contribution in [2.24, 2.45) is 0 Å². The second kappa shape index (κ2) is 3.86. The van der Waals surface area contributed by atoms with Gasteiger partial charge in [-0.1, -0.05) is 13.0 Å². The van der Waals surface area contributed by atoms with Crippen molar-refractivity contribution in [2.75, 3.05) is 19.7 Å². The minimum Gasteiger partial charge on any atom is -0.490 e. The first-order valence-corrected chi connectivity index (χ1v) is 5.19. The molecule has 2 rings (SSSR count). The van der Waals surface area contributed by atoms with Crippen molar-refractivity contribution in [2.45, 2.75) is 26.2 Å². The van der Waals surface area contributed by atoms with Crippen LogP contribution in [-0.4, -0.2) is 24.6 Å². The van der Waals surface area contributed by atoms with Gasteiger partial charge >= 0.3 is 0 Å². The Labute approximate surface area is 79.9 Å². The minimum absolute atomic E-state index is 0.850. The Morgan fingerprint density at radius 3 is 3.31 bits per heavy atom. The predicted octanol–water partition coefficient (Wildman–Crippen LogP) is 2.29. The highest BCUT2D eigenvalue weighted by molar-refractivity contribution is 5.25. The summed E-state index contributed by atoms with van der Waals surface area (Å²) in [7, 11) is 0. The summed E-state index contributed by atoms with van der Waals surface area (Å²) in [5.41, 5.74) is 1.43. The van der Waals surface area contributed by atoms with E-state index in [0.29, 0.717) is 0 Å². The van der Waals surface area contributed by atoms with Gasteiger partial charge in [-0.25, -0.2) is 0 Å². The molecule has 2 aliphatic rings.